The van der Waals surface area contributed by atoms with E-state index in [0.717, 1.165) is 11.0 Å². The summed E-state index contributed by atoms with van der Waals surface area (Å²) in [6.45, 7) is 4.74. The molecule has 0 spiro atoms. The summed E-state index contributed by atoms with van der Waals surface area (Å²) >= 11 is 0. The maximum absolute atomic E-state index is 11.1. The highest BCUT2D eigenvalue weighted by molar-refractivity contribution is 7.90. The van der Waals surface area contributed by atoms with Crippen molar-refractivity contribution >= 4 is 15.9 Å². The second-order valence-corrected chi connectivity index (χ2v) is 11.4. The Balaban J connectivity index is 0.000000283. The second kappa shape index (κ2) is 14.3. The van der Waals surface area contributed by atoms with Gasteiger partial charge in [-0.15, -0.1) is 0 Å². The van der Waals surface area contributed by atoms with Crippen LogP contribution in [0.2, 0.25) is 0 Å². The number of benzene rings is 2. The lowest BCUT2D eigenvalue weighted by Crippen LogP contribution is -2.39. The van der Waals surface area contributed by atoms with Crippen LogP contribution in [0.15, 0.2) is 63.9 Å². The molecule has 1 aliphatic rings. The molecule has 0 fully saturated rings. The first-order chi connectivity index (χ1) is 16.2. The Morgan fingerprint density at radius 1 is 0.765 bits per heavy atom. The van der Waals surface area contributed by atoms with Gasteiger partial charge in [-0.05, 0) is 18.9 Å². The first kappa shape index (κ1) is 28.1. The van der Waals surface area contributed by atoms with Crippen molar-refractivity contribution in [2.75, 3.05) is 20.6 Å². The lowest BCUT2D eigenvalue weighted by Gasteiger charge is -2.30. The second-order valence-electron chi connectivity index (χ2n) is 9.85. The number of quaternary nitrogens is 1. The molecule has 0 radical (unpaired) electrons. The van der Waals surface area contributed by atoms with E-state index < -0.39 is 15.9 Å². The Morgan fingerprint density at radius 2 is 1.29 bits per heavy atom. The lowest BCUT2D eigenvalue weighted by atomic mass is 10.1. The van der Waals surface area contributed by atoms with Crippen LogP contribution in [0, 0.1) is 0 Å². The third-order valence-electron chi connectivity index (χ3n) is 6.17. The van der Waals surface area contributed by atoms with Gasteiger partial charge in [0.05, 0.1) is 25.5 Å². The summed E-state index contributed by atoms with van der Waals surface area (Å²) in [6, 6.07) is 16.9. The number of rotatable bonds is 13. The van der Waals surface area contributed by atoms with E-state index in [1.165, 1.54) is 88.4 Å². The number of unbranched alkanes of at least 4 members (excludes halogenated alkanes) is 9. The van der Waals surface area contributed by atoms with Crippen LogP contribution in [-0.4, -0.2) is 39.4 Å². The molecule has 0 bridgehead atoms. The van der Waals surface area contributed by atoms with Crippen molar-refractivity contribution in [3.8, 4) is 0 Å². The molecule has 0 amide bonds. The van der Waals surface area contributed by atoms with Crippen LogP contribution < -0.4 is 5.11 Å². The molecule has 0 aliphatic carbocycles. The number of nitrogens with zero attached hydrogens (tertiary/aromatic N) is 2. The zero-order valence-corrected chi connectivity index (χ0v) is 22.0. The Labute approximate surface area is 207 Å². The fourth-order valence-corrected chi connectivity index (χ4v) is 5.36. The van der Waals surface area contributed by atoms with Crippen LogP contribution in [0.25, 0.3) is 0 Å². The third-order valence-corrected chi connectivity index (χ3v) is 7.49. The van der Waals surface area contributed by atoms with E-state index >= 15 is 0 Å². The Morgan fingerprint density at radius 3 is 1.88 bits per heavy atom. The van der Waals surface area contributed by atoms with E-state index in [1.807, 2.05) is 0 Å². The molecule has 0 unspecified atom stereocenters. The van der Waals surface area contributed by atoms with Crippen LogP contribution in [0.4, 0.5) is 0 Å². The molecule has 34 heavy (non-hydrogen) atoms. The van der Waals surface area contributed by atoms with Gasteiger partial charge in [-0.3, -0.25) is 0 Å². The van der Waals surface area contributed by atoms with Crippen molar-refractivity contribution in [2.45, 2.75) is 82.6 Å². The topological polar surface area (TPSA) is 69.6 Å². The van der Waals surface area contributed by atoms with E-state index in [-0.39, 0.29) is 10.5 Å². The van der Waals surface area contributed by atoms with E-state index in [0.29, 0.717) is 0 Å². The summed E-state index contributed by atoms with van der Waals surface area (Å²) in [7, 11) is 1.04. The lowest BCUT2D eigenvalue weighted by molar-refractivity contribution is -0.903. The van der Waals surface area contributed by atoms with Gasteiger partial charge in [0.15, 0.2) is 0 Å². The molecule has 3 rings (SSSR count). The van der Waals surface area contributed by atoms with Crippen LogP contribution in [-0.2, 0) is 16.6 Å². The van der Waals surface area contributed by atoms with Crippen molar-refractivity contribution in [3.63, 3.8) is 0 Å². The summed E-state index contributed by atoms with van der Waals surface area (Å²) in [5.74, 6) is -0.675. The van der Waals surface area contributed by atoms with Gasteiger partial charge in [0.1, 0.15) is 6.54 Å². The maximum Gasteiger partial charge on any atom is 0.282 e. The fraction of sp³-hybridized carbons (Fsp3) is 0.536. The standard InChI is InChI=1S/C21H38N.C7H5NO3S/c1-4-5-6-7-8-9-10-11-12-16-19-22(2,3)20-21-17-14-13-15-18-21;9-7-5-3-1-2-4-6(5)12(10,11)8-7/h13-15,17-18H,4-12,16,19-20H2,1-3H3;1-4H,(H,8,9)/q+1;/p-1. The van der Waals surface area contributed by atoms with Gasteiger partial charge in [0.2, 0.25) is 0 Å². The summed E-state index contributed by atoms with van der Waals surface area (Å²) in [6.07, 6.45) is 14.2. The minimum Gasteiger partial charge on any atom is -0.858 e. The molecule has 2 aromatic carbocycles. The molecule has 0 N–H and O–H groups in total. The van der Waals surface area contributed by atoms with Crippen LogP contribution in [0.5, 0.6) is 0 Å². The number of hydrogen-bond donors (Lipinski definition) is 0. The molecule has 0 aromatic heterocycles. The fourth-order valence-electron chi connectivity index (χ4n) is 4.26. The average Bonchev–Trinajstić information content (AvgIpc) is 3.04. The van der Waals surface area contributed by atoms with Gasteiger partial charge in [-0.2, -0.15) is 12.8 Å². The van der Waals surface area contributed by atoms with Gasteiger partial charge < -0.3 is 9.59 Å². The van der Waals surface area contributed by atoms with Gasteiger partial charge >= 0.3 is 0 Å². The largest absolute Gasteiger partial charge is 0.858 e. The van der Waals surface area contributed by atoms with Crippen molar-refractivity contribution in [3.05, 3.63) is 65.7 Å². The summed E-state index contributed by atoms with van der Waals surface area (Å²) in [5, 5.41) is 10.9. The highest BCUT2D eigenvalue weighted by Gasteiger charge is 2.22. The van der Waals surface area contributed by atoms with Crippen molar-refractivity contribution in [1.29, 1.82) is 0 Å². The normalized spacial score (nSPS) is 14.1. The number of fused-ring (bicyclic) bond motifs is 1. The van der Waals surface area contributed by atoms with Crippen LogP contribution >= 0.6 is 0 Å². The van der Waals surface area contributed by atoms with Crippen molar-refractivity contribution < 1.29 is 18.0 Å². The minimum absolute atomic E-state index is 0.00926. The Bertz CT molecular complexity index is 986. The van der Waals surface area contributed by atoms with Crippen molar-refractivity contribution in [1.82, 2.24) is 0 Å². The smallest absolute Gasteiger partial charge is 0.282 e. The predicted octanol–water partition coefficient (Wildman–Crippen LogP) is 5.68. The van der Waals surface area contributed by atoms with E-state index in [1.54, 1.807) is 12.1 Å². The summed E-state index contributed by atoms with van der Waals surface area (Å²) in [5.41, 5.74) is 1.62. The van der Waals surface area contributed by atoms with E-state index in [4.69, 9.17) is 0 Å². The van der Waals surface area contributed by atoms with Crippen molar-refractivity contribution in [2.24, 2.45) is 4.40 Å². The molecule has 1 aliphatic heterocycles. The first-order valence-electron chi connectivity index (χ1n) is 12.7. The summed E-state index contributed by atoms with van der Waals surface area (Å²) < 4.78 is 26.3. The van der Waals surface area contributed by atoms with Gasteiger partial charge in [-0.1, -0.05) is 107 Å². The summed E-state index contributed by atoms with van der Waals surface area (Å²) in [4.78, 5) is 0.00926. The average molecular weight is 487 g/mol. The molecule has 0 saturated heterocycles. The van der Waals surface area contributed by atoms with Gasteiger partial charge in [0.25, 0.3) is 10.0 Å². The molecular formula is C28H42N2O3S. The van der Waals surface area contributed by atoms with Gasteiger partial charge in [0, 0.05) is 17.0 Å². The Kier molecular flexibility index (Phi) is 11.8. The molecule has 188 valence electrons. The van der Waals surface area contributed by atoms with E-state index in [2.05, 4.69) is 55.7 Å². The number of hydrogen-bond acceptors (Lipinski definition) is 3. The zero-order valence-electron chi connectivity index (χ0n) is 21.2. The monoisotopic (exact) mass is 486 g/mol. The molecule has 0 atom stereocenters. The van der Waals surface area contributed by atoms with Crippen LogP contribution in [0.1, 0.15) is 82.3 Å². The first-order valence-corrected chi connectivity index (χ1v) is 14.2. The molecule has 6 heteroatoms. The predicted molar refractivity (Wildman–Crippen MR) is 139 cm³/mol. The molecule has 0 saturated carbocycles. The van der Waals surface area contributed by atoms with Gasteiger partial charge in [-0.25, -0.2) is 0 Å². The van der Waals surface area contributed by atoms with Crippen LogP contribution in [0.3, 0.4) is 0 Å². The maximum atomic E-state index is 11.1. The molecule has 5 nitrogen and oxygen atoms in total. The molecule has 1 heterocycles. The highest BCUT2D eigenvalue weighted by Crippen LogP contribution is 2.23. The zero-order chi connectivity index (χ0) is 24.9. The highest BCUT2D eigenvalue weighted by atomic mass is 32.2. The third kappa shape index (κ3) is 9.98. The Hall–Kier alpha value is -2.18. The SMILES string of the molecule is CCCCCCCCCCCC[N+](C)(C)Cc1ccccc1.O=S1(=O)N=C([O-])c2ccccc21. The van der Waals surface area contributed by atoms with E-state index in [9.17, 15) is 13.5 Å². The molecular weight excluding hydrogens is 444 g/mol. The minimum atomic E-state index is -3.68. The quantitative estimate of drug-likeness (QED) is 0.270. The number of sulfonamides is 1. The molecule has 2 aromatic rings.